The van der Waals surface area contributed by atoms with Crippen LogP contribution in [0.3, 0.4) is 0 Å². The highest BCUT2D eigenvalue weighted by atomic mass is 79.9. The number of hydrogen-bond acceptors (Lipinski definition) is 3. The van der Waals surface area contributed by atoms with Crippen LogP contribution in [0.2, 0.25) is 0 Å². The molecular weight excluding hydrogens is 208 g/mol. The zero-order valence-corrected chi connectivity index (χ0v) is 7.54. The lowest BCUT2D eigenvalue weighted by Gasteiger charge is -1.96. The Morgan fingerprint density at radius 2 is 2.36 bits per heavy atom. The van der Waals surface area contributed by atoms with E-state index in [1.165, 1.54) is 0 Å². The molecule has 1 N–H and O–H groups in total. The third-order valence-electron chi connectivity index (χ3n) is 1.24. The summed E-state index contributed by atoms with van der Waals surface area (Å²) in [5.74, 6) is 0. The van der Waals surface area contributed by atoms with Gasteiger partial charge in [-0.05, 0) is 35.0 Å². The smallest absolute Gasteiger partial charge is 0.106 e. The van der Waals surface area contributed by atoms with Gasteiger partial charge in [-0.15, -0.1) is 0 Å². The molecule has 4 heteroatoms. The van der Waals surface area contributed by atoms with Crippen LogP contribution in [0.1, 0.15) is 12.6 Å². The van der Waals surface area contributed by atoms with Gasteiger partial charge in [0, 0.05) is 0 Å². The second kappa shape index (κ2) is 3.48. The van der Waals surface area contributed by atoms with Gasteiger partial charge in [0.1, 0.15) is 10.3 Å². The Hall–Kier alpha value is -0.900. The molecule has 0 aliphatic carbocycles. The fraction of sp³-hybridized carbons (Fsp3) is 0.143. The summed E-state index contributed by atoms with van der Waals surface area (Å²) in [5, 5.41) is 11.4. The summed E-state index contributed by atoms with van der Waals surface area (Å²) in [4.78, 5) is 4.07. The van der Waals surface area contributed by atoms with Crippen molar-refractivity contribution in [2.24, 2.45) is 5.16 Å². The second-order valence-electron chi connectivity index (χ2n) is 2.03. The van der Waals surface area contributed by atoms with E-state index in [1.807, 2.05) is 12.1 Å². The Labute approximate surface area is 72.9 Å². The molecule has 0 fully saturated rings. The Kier molecular flexibility index (Phi) is 2.59. The fourth-order valence-corrected chi connectivity index (χ4v) is 1.00. The van der Waals surface area contributed by atoms with Crippen LogP contribution in [0, 0.1) is 0 Å². The summed E-state index contributed by atoms with van der Waals surface area (Å²) in [7, 11) is 0. The number of hydrogen-bond donors (Lipinski definition) is 1. The van der Waals surface area contributed by atoms with Crippen LogP contribution in [0.4, 0.5) is 0 Å². The Morgan fingerprint density at radius 1 is 1.64 bits per heavy atom. The first-order valence-electron chi connectivity index (χ1n) is 3.05. The molecular formula is C7H7BrN2O. The van der Waals surface area contributed by atoms with E-state index in [9.17, 15) is 0 Å². The molecule has 0 saturated carbocycles. The van der Waals surface area contributed by atoms with E-state index in [1.54, 1.807) is 13.0 Å². The predicted molar refractivity (Wildman–Crippen MR) is 45.9 cm³/mol. The molecule has 0 atom stereocenters. The van der Waals surface area contributed by atoms with E-state index < -0.39 is 0 Å². The monoisotopic (exact) mass is 214 g/mol. The van der Waals surface area contributed by atoms with Crippen LogP contribution >= 0.6 is 15.9 Å². The van der Waals surface area contributed by atoms with Gasteiger partial charge >= 0.3 is 0 Å². The number of halogens is 1. The second-order valence-corrected chi connectivity index (χ2v) is 2.84. The van der Waals surface area contributed by atoms with Gasteiger partial charge in [0.05, 0.1) is 5.69 Å². The summed E-state index contributed by atoms with van der Waals surface area (Å²) in [6.07, 6.45) is 0. The molecule has 0 aliphatic heterocycles. The third kappa shape index (κ3) is 2.01. The minimum absolute atomic E-state index is 0.506. The molecule has 11 heavy (non-hydrogen) atoms. The number of rotatable bonds is 1. The van der Waals surface area contributed by atoms with Crippen LogP contribution in [0.25, 0.3) is 0 Å². The van der Waals surface area contributed by atoms with Crippen molar-refractivity contribution in [3.8, 4) is 0 Å². The molecule has 0 spiro atoms. The minimum Gasteiger partial charge on any atom is -0.411 e. The van der Waals surface area contributed by atoms with Crippen LogP contribution in [-0.4, -0.2) is 15.9 Å². The van der Waals surface area contributed by atoms with Crippen molar-refractivity contribution >= 4 is 21.6 Å². The zero-order valence-electron chi connectivity index (χ0n) is 5.95. The third-order valence-corrected chi connectivity index (χ3v) is 1.68. The number of aromatic nitrogens is 1. The first kappa shape index (κ1) is 8.20. The van der Waals surface area contributed by atoms with E-state index in [4.69, 9.17) is 5.21 Å². The van der Waals surface area contributed by atoms with Crippen molar-refractivity contribution in [2.75, 3.05) is 0 Å². The first-order chi connectivity index (χ1) is 5.24. The standard InChI is InChI=1S/C7H7BrN2O/c1-5(10-11)6-3-2-4-7(8)9-6/h2-4,11H,1H3/b10-5-. The Morgan fingerprint density at radius 3 is 2.91 bits per heavy atom. The topological polar surface area (TPSA) is 45.5 Å². The van der Waals surface area contributed by atoms with Crippen molar-refractivity contribution in [3.63, 3.8) is 0 Å². The fourth-order valence-electron chi connectivity index (χ4n) is 0.661. The van der Waals surface area contributed by atoms with Crippen molar-refractivity contribution < 1.29 is 5.21 Å². The first-order valence-corrected chi connectivity index (χ1v) is 3.85. The van der Waals surface area contributed by atoms with Crippen molar-refractivity contribution in [3.05, 3.63) is 28.5 Å². The molecule has 0 aromatic carbocycles. The molecule has 1 rings (SSSR count). The summed E-state index contributed by atoms with van der Waals surface area (Å²) in [6.45, 7) is 1.69. The molecule has 1 aromatic rings. The number of oxime groups is 1. The quantitative estimate of drug-likeness (QED) is 0.337. The Balaban J connectivity index is 3.06. The van der Waals surface area contributed by atoms with Gasteiger partial charge in [0.15, 0.2) is 0 Å². The lowest BCUT2D eigenvalue weighted by atomic mass is 10.3. The summed E-state index contributed by atoms with van der Waals surface area (Å²) in [5.41, 5.74) is 1.17. The van der Waals surface area contributed by atoms with E-state index in [0.717, 1.165) is 4.60 Å². The van der Waals surface area contributed by atoms with Gasteiger partial charge in [-0.25, -0.2) is 4.98 Å². The van der Waals surface area contributed by atoms with Crippen LogP contribution in [0.5, 0.6) is 0 Å². The molecule has 3 nitrogen and oxygen atoms in total. The van der Waals surface area contributed by atoms with Crippen molar-refractivity contribution in [1.82, 2.24) is 4.98 Å². The SMILES string of the molecule is C/C(=N/O)c1cccc(Br)n1. The van der Waals surface area contributed by atoms with Gasteiger partial charge < -0.3 is 5.21 Å². The maximum atomic E-state index is 8.41. The van der Waals surface area contributed by atoms with Gasteiger partial charge in [-0.3, -0.25) is 0 Å². The Bertz CT molecular complexity index is 286. The molecule has 1 heterocycles. The van der Waals surface area contributed by atoms with E-state index in [0.29, 0.717) is 11.4 Å². The molecule has 0 bridgehead atoms. The largest absolute Gasteiger partial charge is 0.411 e. The van der Waals surface area contributed by atoms with Gasteiger partial charge in [-0.1, -0.05) is 11.2 Å². The minimum atomic E-state index is 0.506. The highest BCUT2D eigenvalue weighted by Crippen LogP contribution is 2.06. The normalized spacial score (nSPS) is 11.6. The summed E-state index contributed by atoms with van der Waals surface area (Å²) < 4.78 is 0.734. The van der Waals surface area contributed by atoms with Gasteiger partial charge in [0.2, 0.25) is 0 Å². The van der Waals surface area contributed by atoms with E-state index in [2.05, 4.69) is 26.1 Å². The van der Waals surface area contributed by atoms with Gasteiger partial charge in [-0.2, -0.15) is 0 Å². The summed E-state index contributed by atoms with van der Waals surface area (Å²) in [6, 6.07) is 5.43. The molecule has 58 valence electrons. The molecule has 1 aromatic heterocycles. The lowest BCUT2D eigenvalue weighted by molar-refractivity contribution is 0.319. The van der Waals surface area contributed by atoms with Crippen LogP contribution in [0.15, 0.2) is 28.0 Å². The van der Waals surface area contributed by atoms with Crippen molar-refractivity contribution in [1.29, 1.82) is 0 Å². The molecule has 0 unspecified atom stereocenters. The highest BCUT2D eigenvalue weighted by Gasteiger charge is 1.98. The highest BCUT2D eigenvalue weighted by molar-refractivity contribution is 9.10. The molecule has 0 amide bonds. The van der Waals surface area contributed by atoms with E-state index >= 15 is 0 Å². The number of pyridine rings is 1. The molecule has 0 radical (unpaired) electrons. The number of nitrogens with zero attached hydrogens (tertiary/aromatic N) is 2. The van der Waals surface area contributed by atoms with Crippen LogP contribution < -0.4 is 0 Å². The maximum Gasteiger partial charge on any atom is 0.106 e. The molecule has 0 aliphatic rings. The average molecular weight is 215 g/mol. The average Bonchev–Trinajstić information content (AvgIpc) is 2.03. The predicted octanol–water partition coefficient (Wildman–Crippen LogP) is 2.04. The van der Waals surface area contributed by atoms with Gasteiger partial charge in [0.25, 0.3) is 0 Å². The molecule has 0 saturated heterocycles. The van der Waals surface area contributed by atoms with Crippen LogP contribution in [-0.2, 0) is 0 Å². The maximum absolute atomic E-state index is 8.41. The summed E-state index contributed by atoms with van der Waals surface area (Å²) >= 11 is 3.21. The lowest BCUT2D eigenvalue weighted by Crippen LogP contribution is -1.97. The van der Waals surface area contributed by atoms with E-state index in [-0.39, 0.29) is 0 Å². The van der Waals surface area contributed by atoms with Crippen molar-refractivity contribution in [2.45, 2.75) is 6.92 Å². The zero-order chi connectivity index (χ0) is 8.27.